The number of hydrogen-bond acceptors (Lipinski definition) is 5. The fourth-order valence-electron chi connectivity index (χ4n) is 4.14. The van der Waals surface area contributed by atoms with Gasteiger partial charge >= 0.3 is 0 Å². The van der Waals surface area contributed by atoms with E-state index in [1.54, 1.807) is 0 Å². The van der Waals surface area contributed by atoms with Crippen LogP contribution in [-0.2, 0) is 0 Å². The Morgan fingerprint density at radius 2 is 1.72 bits per heavy atom. The summed E-state index contributed by atoms with van der Waals surface area (Å²) in [5, 5.41) is 7.75. The van der Waals surface area contributed by atoms with Crippen molar-refractivity contribution in [2.45, 2.75) is 18.7 Å². The van der Waals surface area contributed by atoms with Crippen molar-refractivity contribution < 1.29 is 14.2 Å². The number of halogens is 1. The summed E-state index contributed by atoms with van der Waals surface area (Å²) in [5.41, 5.74) is 4.23. The standard InChI is InChI=1S/C23H17ClN2O3/c24-16-8-5-14(6-9-16)18-12-19-17-3-1-2-4-20(17)29-23(26(19)25-18)15-7-10-21-22(11-15)28-13-27-21/h1-11,19,23H,12-13H2. The highest BCUT2D eigenvalue weighted by Crippen LogP contribution is 2.48. The molecule has 3 aromatic rings. The number of benzene rings is 3. The van der Waals surface area contributed by atoms with Gasteiger partial charge in [-0.3, -0.25) is 0 Å². The van der Waals surface area contributed by atoms with Gasteiger partial charge in [-0.25, -0.2) is 5.01 Å². The Bertz CT molecular complexity index is 1130. The van der Waals surface area contributed by atoms with Crippen LogP contribution >= 0.6 is 11.6 Å². The molecule has 2 atom stereocenters. The first-order valence-corrected chi connectivity index (χ1v) is 9.91. The summed E-state index contributed by atoms with van der Waals surface area (Å²) in [6.07, 6.45) is 0.470. The molecule has 144 valence electrons. The van der Waals surface area contributed by atoms with Crippen molar-refractivity contribution in [2.75, 3.05) is 6.79 Å². The van der Waals surface area contributed by atoms with E-state index in [0.717, 1.165) is 51.1 Å². The Hall–Kier alpha value is -3.18. The predicted octanol–water partition coefficient (Wildman–Crippen LogP) is 5.31. The summed E-state index contributed by atoms with van der Waals surface area (Å²) in [4.78, 5) is 0. The minimum Gasteiger partial charge on any atom is -0.464 e. The van der Waals surface area contributed by atoms with Gasteiger partial charge in [0, 0.05) is 22.6 Å². The minimum absolute atomic E-state index is 0.112. The van der Waals surface area contributed by atoms with E-state index >= 15 is 0 Å². The minimum atomic E-state index is -0.339. The van der Waals surface area contributed by atoms with E-state index in [1.807, 2.05) is 60.7 Å². The van der Waals surface area contributed by atoms with Gasteiger partial charge in [0.2, 0.25) is 13.0 Å². The van der Waals surface area contributed by atoms with E-state index in [-0.39, 0.29) is 19.1 Å². The van der Waals surface area contributed by atoms with E-state index in [1.165, 1.54) is 0 Å². The molecule has 0 fully saturated rings. The quantitative estimate of drug-likeness (QED) is 0.580. The van der Waals surface area contributed by atoms with E-state index in [2.05, 4.69) is 11.1 Å². The highest BCUT2D eigenvalue weighted by atomic mass is 35.5. The van der Waals surface area contributed by atoms with Crippen LogP contribution < -0.4 is 14.2 Å². The van der Waals surface area contributed by atoms with Gasteiger partial charge in [-0.05, 0) is 42.0 Å². The summed E-state index contributed by atoms with van der Waals surface area (Å²) in [5.74, 6) is 2.39. The Morgan fingerprint density at radius 1 is 0.897 bits per heavy atom. The van der Waals surface area contributed by atoms with Crippen molar-refractivity contribution in [3.63, 3.8) is 0 Å². The molecule has 0 aromatic heterocycles. The number of nitrogens with zero attached hydrogens (tertiary/aromatic N) is 2. The van der Waals surface area contributed by atoms with Crippen LogP contribution in [0, 0.1) is 0 Å². The lowest BCUT2D eigenvalue weighted by molar-refractivity contribution is -0.0191. The summed E-state index contributed by atoms with van der Waals surface area (Å²) in [6, 6.07) is 22.0. The van der Waals surface area contributed by atoms with Crippen molar-refractivity contribution in [2.24, 2.45) is 5.10 Å². The molecule has 0 N–H and O–H groups in total. The zero-order valence-electron chi connectivity index (χ0n) is 15.4. The van der Waals surface area contributed by atoms with Gasteiger partial charge in [-0.2, -0.15) is 5.10 Å². The van der Waals surface area contributed by atoms with Crippen molar-refractivity contribution in [3.05, 3.63) is 88.4 Å². The Labute approximate surface area is 173 Å². The highest BCUT2D eigenvalue weighted by Gasteiger charge is 2.41. The molecule has 0 saturated heterocycles. The first-order valence-electron chi connectivity index (χ1n) is 9.53. The van der Waals surface area contributed by atoms with Crippen molar-refractivity contribution >= 4 is 17.3 Å². The molecule has 3 aromatic carbocycles. The van der Waals surface area contributed by atoms with Crippen LogP contribution in [0.4, 0.5) is 0 Å². The molecule has 5 nitrogen and oxygen atoms in total. The lowest BCUT2D eigenvalue weighted by Gasteiger charge is -2.38. The van der Waals surface area contributed by atoms with Gasteiger partial charge in [-0.1, -0.05) is 41.9 Å². The molecule has 0 bridgehead atoms. The highest BCUT2D eigenvalue weighted by molar-refractivity contribution is 6.30. The van der Waals surface area contributed by atoms with Crippen LogP contribution in [0.25, 0.3) is 0 Å². The summed E-state index contributed by atoms with van der Waals surface area (Å²) >= 11 is 6.06. The maximum absolute atomic E-state index is 6.40. The van der Waals surface area contributed by atoms with E-state index in [4.69, 9.17) is 30.9 Å². The normalized spacial score (nSPS) is 21.3. The smallest absolute Gasteiger partial charge is 0.231 e. The van der Waals surface area contributed by atoms with Gasteiger partial charge in [0.1, 0.15) is 5.75 Å². The molecule has 6 heteroatoms. The van der Waals surface area contributed by atoms with Crippen molar-refractivity contribution in [1.29, 1.82) is 0 Å². The van der Waals surface area contributed by atoms with Crippen LogP contribution in [0.15, 0.2) is 71.8 Å². The van der Waals surface area contributed by atoms with Crippen LogP contribution in [0.3, 0.4) is 0 Å². The molecule has 3 aliphatic rings. The third kappa shape index (κ3) is 2.73. The summed E-state index contributed by atoms with van der Waals surface area (Å²) < 4.78 is 17.4. The number of hydrazone groups is 1. The molecule has 0 amide bonds. The van der Waals surface area contributed by atoms with Crippen LogP contribution in [-0.4, -0.2) is 17.5 Å². The molecule has 3 aliphatic heterocycles. The molecule has 29 heavy (non-hydrogen) atoms. The SMILES string of the molecule is Clc1ccc(C2=NN3C(C2)c2ccccc2OC3c2ccc3c(c2)OCO3)cc1. The van der Waals surface area contributed by atoms with Crippen molar-refractivity contribution in [1.82, 2.24) is 5.01 Å². The summed E-state index contributed by atoms with van der Waals surface area (Å²) in [7, 11) is 0. The predicted molar refractivity (Wildman–Crippen MR) is 110 cm³/mol. The molecule has 0 aliphatic carbocycles. The number of para-hydroxylation sites is 1. The Balaban J connectivity index is 1.44. The van der Waals surface area contributed by atoms with Crippen molar-refractivity contribution in [3.8, 4) is 17.2 Å². The zero-order chi connectivity index (χ0) is 19.4. The monoisotopic (exact) mass is 404 g/mol. The second-order valence-electron chi connectivity index (χ2n) is 7.27. The number of ether oxygens (including phenoxy) is 3. The Morgan fingerprint density at radius 3 is 2.62 bits per heavy atom. The van der Waals surface area contributed by atoms with Gasteiger partial charge in [-0.15, -0.1) is 0 Å². The third-order valence-corrected chi connectivity index (χ3v) is 5.81. The van der Waals surface area contributed by atoms with Gasteiger partial charge in [0.05, 0.1) is 11.8 Å². The van der Waals surface area contributed by atoms with E-state index < -0.39 is 0 Å². The second-order valence-corrected chi connectivity index (χ2v) is 7.71. The fourth-order valence-corrected chi connectivity index (χ4v) is 4.26. The molecule has 0 saturated carbocycles. The first-order chi connectivity index (χ1) is 14.3. The van der Waals surface area contributed by atoms with Gasteiger partial charge < -0.3 is 14.2 Å². The molecule has 0 radical (unpaired) electrons. The van der Waals surface area contributed by atoms with Gasteiger partial charge in [0.25, 0.3) is 0 Å². The van der Waals surface area contributed by atoms with Crippen LogP contribution in [0.2, 0.25) is 5.02 Å². The fraction of sp³-hybridized carbons (Fsp3) is 0.174. The molecular formula is C23H17ClN2O3. The topological polar surface area (TPSA) is 43.3 Å². The lowest BCUT2D eigenvalue weighted by Crippen LogP contribution is -2.33. The molecule has 6 rings (SSSR count). The first kappa shape index (κ1) is 16.7. The van der Waals surface area contributed by atoms with E-state index in [9.17, 15) is 0 Å². The second kappa shape index (κ2) is 6.42. The molecule has 0 spiro atoms. The maximum Gasteiger partial charge on any atom is 0.231 e. The molecule has 2 unspecified atom stereocenters. The lowest BCUT2D eigenvalue weighted by atomic mass is 9.96. The number of hydrogen-bond donors (Lipinski definition) is 0. The maximum atomic E-state index is 6.40. The van der Waals surface area contributed by atoms with E-state index in [0.29, 0.717) is 0 Å². The van der Waals surface area contributed by atoms with Crippen LogP contribution in [0.5, 0.6) is 17.2 Å². The molecule has 3 heterocycles. The average Bonchev–Trinajstić information content (AvgIpc) is 3.40. The van der Waals surface area contributed by atoms with Crippen LogP contribution in [0.1, 0.15) is 35.4 Å². The number of fused-ring (bicyclic) bond motifs is 4. The third-order valence-electron chi connectivity index (χ3n) is 5.56. The Kier molecular flexibility index (Phi) is 3.71. The average molecular weight is 405 g/mol. The largest absolute Gasteiger partial charge is 0.464 e. The molecular weight excluding hydrogens is 388 g/mol. The van der Waals surface area contributed by atoms with Gasteiger partial charge in [0.15, 0.2) is 11.5 Å². The number of rotatable bonds is 2. The summed E-state index contributed by atoms with van der Waals surface area (Å²) in [6.45, 7) is 0.248. The zero-order valence-corrected chi connectivity index (χ0v) is 16.2.